The molecular weight excluding hydrogens is 376 g/mol. The Hall–Kier alpha value is -3.47. The summed E-state index contributed by atoms with van der Waals surface area (Å²) in [6, 6.07) is 4.46. The van der Waals surface area contributed by atoms with Gasteiger partial charge in [0, 0.05) is 10.6 Å². The number of nitrogens with one attached hydrogen (secondary N) is 1. The summed E-state index contributed by atoms with van der Waals surface area (Å²) in [7, 11) is 0. The Kier molecular flexibility index (Phi) is 5.31. The SMILES string of the molecule is CCCc1c(C(=O)N/N=C\c2cc(Cl)ccc2O)nnn1-c1nonc1N. The molecule has 0 atom stereocenters. The van der Waals surface area contributed by atoms with Gasteiger partial charge >= 0.3 is 0 Å². The minimum atomic E-state index is -0.586. The van der Waals surface area contributed by atoms with E-state index in [-0.39, 0.29) is 23.1 Å². The molecule has 3 aromatic rings. The van der Waals surface area contributed by atoms with E-state index in [9.17, 15) is 9.90 Å². The van der Waals surface area contributed by atoms with Crippen molar-refractivity contribution in [3.8, 4) is 11.6 Å². The van der Waals surface area contributed by atoms with E-state index in [2.05, 4.69) is 35.8 Å². The van der Waals surface area contributed by atoms with Crippen LogP contribution in [0.5, 0.6) is 5.75 Å². The number of aromatic nitrogens is 5. The fraction of sp³-hybridized carbons (Fsp3) is 0.200. The molecule has 11 nitrogen and oxygen atoms in total. The zero-order valence-electron chi connectivity index (χ0n) is 14.1. The van der Waals surface area contributed by atoms with Crippen LogP contribution in [-0.2, 0) is 6.42 Å². The first-order valence-corrected chi connectivity index (χ1v) is 8.24. The molecule has 0 saturated heterocycles. The second kappa shape index (κ2) is 7.83. The van der Waals surface area contributed by atoms with Crippen molar-refractivity contribution >= 4 is 29.5 Å². The van der Waals surface area contributed by atoms with Crippen LogP contribution < -0.4 is 11.2 Å². The fourth-order valence-electron chi connectivity index (χ4n) is 2.29. The maximum atomic E-state index is 12.4. The summed E-state index contributed by atoms with van der Waals surface area (Å²) in [6.45, 7) is 1.93. The summed E-state index contributed by atoms with van der Waals surface area (Å²) in [5.74, 6) is -0.433. The monoisotopic (exact) mass is 390 g/mol. The molecule has 0 radical (unpaired) electrons. The molecule has 0 spiro atoms. The summed E-state index contributed by atoms with van der Waals surface area (Å²) in [5.41, 5.74) is 8.91. The van der Waals surface area contributed by atoms with Crippen molar-refractivity contribution in [2.45, 2.75) is 19.8 Å². The number of nitrogens with two attached hydrogens (primary N) is 1. The Morgan fingerprint density at radius 3 is 3.00 bits per heavy atom. The van der Waals surface area contributed by atoms with Crippen LogP contribution >= 0.6 is 11.6 Å². The van der Waals surface area contributed by atoms with Crippen LogP contribution in [0, 0.1) is 0 Å². The van der Waals surface area contributed by atoms with E-state index in [1.54, 1.807) is 0 Å². The zero-order chi connectivity index (χ0) is 19.4. The first-order valence-electron chi connectivity index (χ1n) is 7.86. The van der Waals surface area contributed by atoms with Gasteiger partial charge in [-0.05, 0) is 34.9 Å². The number of amides is 1. The van der Waals surface area contributed by atoms with Crippen molar-refractivity contribution in [2.75, 3.05) is 5.73 Å². The lowest BCUT2D eigenvalue weighted by Gasteiger charge is -2.03. The van der Waals surface area contributed by atoms with Gasteiger partial charge in [0.2, 0.25) is 11.6 Å². The zero-order valence-corrected chi connectivity index (χ0v) is 14.9. The van der Waals surface area contributed by atoms with Gasteiger partial charge in [-0.1, -0.05) is 30.2 Å². The Morgan fingerprint density at radius 1 is 1.48 bits per heavy atom. The van der Waals surface area contributed by atoms with Crippen molar-refractivity contribution in [2.24, 2.45) is 5.10 Å². The molecule has 0 aliphatic heterocycles. The van der Waals surface area contributed by atoms with E-state index in [0.29, 0.717) is 22.7 Å². The van der Waals surface area contributed by atoms with Gasteiger partial charge in [0.1, 0.15) is 5.75 Å². The minimum absolute atomic E-state index is 0.0241. The largest absolute Gasteiger partial charge is 0.507 e. The van der Waals surface area contributed by atoms with Gasteiger partial charge in [-0.3, -0.25) is 4.79 Å². The molecule has 1 aromatic carbocycles. The number of hydrogen-bond donors (Lipinski definition) is 3. The van der Waals surface area contributed by atoms with Crippen LogP contribution in [0.15, 0.2) is 27.9 Å². The molecule has 4 N–H and O–H groups in total. The average Bonchev–Trinajstić information content (AvgIpc) is 3.24. The molecule has 0 unspecified atom stereocenters. The van der Waals surface area contributed by atoms with Gasteiger partial charge < -0.3 is 10.8 Å². The van der Waals surface area contributed by atoms with E-state index >= 15 is 0 Å². The van der Waals surface area contributed by atoms with Crippen LogP contribution in [0.25, 0.3) is 5.82 Å². The molecule has 140 valence electrons. The highest BCUT2D eigenvalue weighted by atomic mass is 35.5. The Balaban J connectivity index is 1.82. The summed E-state index contributed by atoms with van der Waals surface area (Å²) in [5, 5.41) is 28.9. The second-order valence-electron chi connectivity index (χ2n) is 5.42. The number of carbonyl (C=O) groups is 1. The highest BCUT2D eigenvalue weighted by Gasteiger charge is 2.23. The number of nitrogens with zero attached hydrogens (tertiary/aromatic N) is 6. The van der Waals surface area contributed by atoms with Crippen molar-refractivity contribution in [3.63, 3.8) is 0 Å². The van der Waals surface area contributed by atoms with Gasteiger partial charge in [0.05, 0.1) is 11.9 Å². The fourth-order valence-corrected chi connectivity index (χ4v) is 2.47. The van der Waals surface area contributed by atoms with Gasteiger partial charge in [0.15, 0.2) is 5.69 Å². The molecule has 2 aromatic heterocycles. The summed E-state index contributed by atoms with van der Waals surface area (Å²) < 4.78 is 5.87. The van der Waals surface area contributed by atoms with Crippen LogP contribution in [0.4, 0.5) is 5.82 Å². The summed E-state index contributed by atoms with van der Waals surface area (Å²) in [4.78, 5) is 12.4. The lowest BCUT2D eigenvalue weighted by molar-refractivity contribution is 0.0949. The number of aromatic hydroxyl groups is 1. The Morgan fingerprint density at radius 2 is 2.30 bits per heavy atom. The van der Waals surface area contributed by atoms with Crippen LogP contribution in [-0.4, -0.2) is 42.5 Å². The number of hydrogen-bond acceptors (Lipinski definition) is 9. The smallest absolute Gasteiger partial charge is 0.293 e. The van der Waals surface area contributed by atoms with Crippen LogP contribution in [0.2, 0.25) is 5.02 Å². The molecule has 3 rings (SSSR count). The number of anilines is 1. The average molecular weight is 391 g/mol. The van der Waals surface area contributed by atoms with E-state index in [1.165, 1.54) is 29.1 Å². The van der Waals surface area contributed by atoms with E-state index in [4.69, 9.17) is 17.3 Å². The molecule has 2 heterocycles. The van der Waals surface area contributed by atoms with Crippen molar-refractivity contribution < 1.29 is 14.5 Å². The first-order chi connectivity index (χ1) is 13.0. The molecule has 0 bridgehead atoms. The third-order valence-corrected chi connectivity index (χ3v) is 3.76. The first kappa shape index (κ1) is 18.3. The third kappa shape index (κ3) is 3.87. The van der Waals surface area contributed by atoms with Crippen LogP contribution in [0.1, 0.15) is 35.1 Å². The molecule has 12 heteroatoms. The van der Waals surface area contributed by atoms with E-state index < -0.39 is 5.91 Å². The minimum Gasteiger partial charge on any atom is -0.507 e. The Labute approximate surface area is 157 Å². The van der Waals surface area contributed by atoms with Gasteiger partial charge in [-0.25, -0.2) is 10.1 Å². The molecular formula is C15H15ClN8O3. The highest BCUT2D eigenvalue weighted by Crippen LogP contribution is 2.20. The van der Waals surface area contributed by atoms with Crippen LogP contribution in [0.3, 0.4) is 0 Å². The molecule has 0 aliphatic rings. The normalized spacial score (nSPS) is 11.2. The van der Waals surface area contributed by atoms with Crippen molar-refractivity contribution in [3.05, 3.63) is 40.2 Å². The molecule has 0 saturated carbocycles. The molecule has 0 aliphatic carbocycles. The summed E-state index contributed by atoms with van der Waals surface area (Å²) in [6.07, 6.45) is 2.47. The molecule has 27 heavy (non-hydrogen) atoms. The predicted molar refractivity (Wildman–Crippen MR) is 95.8 cm³/mol. The second-order valence-corrected chi connectivity index (χ2v) is 5.86. The number of phenolic OH excluding ortho intramolecular Hbond substituents is 1. The molecule has 0 fully saturated rings. The highest BCUT2D eigenvalue weighted by molar-refractivity contribution is 6.30. The standard InChI is InChI=1S/C15H15ClN8O3/c1-2-3-10-12(19-23-24(10)14-13(17)21-27-22-14)15(26)20-18-7-8-6-9(16)4-5-11(8)25/h4-7,25H,2-3H2,1H3,(H2,17,21)(H,20,26)/b18-7-. The maximum absolute atomic E-state index is 12.4. The number of halogens is 1. The van der Waals surface area contributed by atoms with Crippen molar-refractivity contribution in [1.82, 2.24) is 30.7 Å². The lowest BCUT2D eigenvalue weighted by Crippen LogP contribution is -2.20. The number of carbonyl (C=O) groups excluding carboxylic acids is 1. The quantitative estimate of drug-likeness (QED) is 0.419. The summed E-state index contributed by atoms with van der Waals surface area (Å²) >= 11 is 5.86. The van der Waals surface area contributed by atoms with Gasteiger partial charge in [0.25, 0.3) is 5.91 Å². The van der Waals surface area contributed by atoms with Gasteiger partial charge in [-0.15, -0.1) is 5.10 Å². The topological polar surface area (TPSA) is 157 Å². The van der Waals surface area contributed by atoms with Crippen molar-refractivity contribution in [1.29, 1.82) is 0 Å². The number of phenols is 1. The number of nitrogen functional groups attached to an aromatic ring is 1. The lowest BCUT2D eigenvalue weighted by atomic mass is 10.2. The third-order valence-electron chi connectivity index (χ3n) is 3.52. The van der Waals surface area contributed by atoms with E-state index in [0.717, 1.165) is 6.42 Å². The molecule has 1 amide bonds. The Bertz CT molecular complexity index is 997. The number of benzene rings is 1. The predicted octanol–water partition coefficient (Wildman–Crippen LogP) is 1.31. The number of rotatable bonds is 6. The number of hydrazone groups is 1. The maximum Gasteiger partial charge on any atom is 0.293 e. The van der Waals surface area contributed by atoms with Gasteiger partial charge in [-0.2, -0.15) is 9.78 Å². The van der Waals surface area contributed by atoms with E-state index in [1.807, 2.05) is 6.92 Å².